The van der Waals surface area contributed by atoms with Crippen LogP contribution in [0.25, 0.3) is 0 Å². The third-order valence-corrected chi connectivity index (χ3v) is 7.06. The predicted octanol–water partition coefficient (Wildman–Crippen LogP) is 3.45. The Morgan fingerprint density at radius 2 is 1.75 bits per heavy atom. The second-order valence-corrected chi connectivity index (χ2v) is 9.45. The molecule has 0 bridgehead atoms. The Kier molecular flexibility index (Phi) is 6.14. The zero-order valence-electron chi connectivity index (χ0n) is 17.5. The van der Waals surface area contributed by atoms with Gasteiger partial charge < -0.3 is 10.1 Å². The van der Waals surface area contributed by atoms with Crippen molar-refractivity contribution in [1.82, 2.24) is 5.32 Å². The zero-order valence-corrected chi connectivity index (χ0v) is 18.3. The van der Waals surface area contributed by atoms with E-state index in [4.69, 9.17) is 4.74 Å². The van der Waals surface area contributed by atoms with Gasteiger partial charge in [-0.2, -0.15) is 0 Å². The van der Waals surface area contributed by atoms with Gasteiger partial charge in [-0.05, 0) is 55.3 Å². The molecular weight excluding hydrogens is 431 g/mol. The van der Waals surface area contributed by atoms with Crippen molar-refractivity contribution in [2.24, 2.45) is 0 Å². The number of carbonyl (C=O) groups is 1. The molecule has 6 nitrogen and oxygen atoms in total. The zero-order chi connectivity index (χ0) is 22.7. The number of anilines is 1. The van der Waals surface area contributed by atoms with E-state index in [-0.39, 0.29) is 17.3 Å². The number of carbonyl (C=O) groups excluding carboxylic acids is 1. The highest BCUT2D eigenvalue weighted by atomic mass is 32.2. The van der Waals surface area contributed by atoms with Crippen molar-refractivity contribution in [3.63, 3.8) is 0 Å². The number of rotatable bonds is 6. The van der Waals surface area contributed by atoms with Crippen LogP contribution >= 0.6 is 0 Å². The summed E-state index contributed by atoms with van der Waals surface area (Å²) in [6.45, 7) is 2.05. The number of aryl methyl sites for hydroxylation is 1. The van der Waals surface area contributed by atoms with Crippen molar-refractivity contribution in [2.75, 3.05) is 17.4 Å². The van der Waals surface area contributed by atoms with Crippen molar-refractivity contribution in [3.8, 4) is 5.75 Å². The van der Waals surface area contributed by atoms with Crippen LogP contribution < -0.4 is 14.4 Å². The van der Waals surface area contributed by atoms with E-state index in [0.29, 0.717) is 24.4 Å². The third kappa shape index (κ3) is 4.60. The van der Waals surface area contributed by atoms with E-state index in [9.17, 15) is 17.6 Å². The van der Waals surface area contributed by atoms with E-state index in [1.807, 2.05) is 6.92 Å². The topological polar surface area (TPSA) is 75.7 Å². The van der Waals surface area contributed by atoms with Gasteiger partial charge in [0.25, 0.3) is 15.9 Å². The van der Waals surface area contributed by atoms with E-state index in [2.05, 4.69) is 5.32 Å². The lowest BCUT2D eigenvalue weighted by molar-refractivity contribution is -0.127. The molecule has 1 amide bonds. The summed E-state index contributed by atoms with van der Waals surface area (Å²) < 4.78 is 46.8. The average Bonchev–Trinajstić information content (AvgIpc) is 2.79. The molecular formula is C24H23FN2O4S. The van der Waals surface area contributed by atoms with Crippen LogP contribution in [0.2, 0.25) is 0 Å². The quantitative estimate of drug-likeness (QED) is 0.619. The fourth-order valence-corrected chi connectivity index (χ4v) is 4.97. The Labute approximate surface area is 186 Å². The first kappa shape index (κ1) is 21.8. The molecule has 0 aromatic heterocycles. The van der Waals surface area contributed by atoms with Crippen LogP contribution in [0.1, 0.15) is 11.1 Å². The lowest BCUT2D eigenvalue weighted by Gasteiger charge is -2.34. The first-order valence-electron chi connectivity index (χ1n) is 10.2. The Bertz CT molecular complexity index is 1210. The number of sulfonamides is 1. The summed E-state index contributed by atoms with van der Waals surface area (Å²) in [6, 6.07) is 19.4. The molecule has 1 aliphatic heterocycles. The maximum absolute atomic E-state index is 13.4. The van der Waals surface area contributed by atoms with E-state index in [1.54, 1.807) is 60.7 Å². The molecule has 32 heavy (non-hydrogen) atoms. The predicted molar refractivity (Wildman–Crippen MR) is 120 cm³/mol. The summed E-state index contributed by atoms with van der Waals surface area (Å²) in [5, 5.41) is 2.79. The van der Waals surface area contributed by atoms with E-state index < -0.39 is 22.0 Å². The molecule has 166 valence electrons. The molecule has 0 aliphatic carbocycles. The number of amides is 1. The normalized spacial score (nSPS) is 15.6. The van der Waals surface area contributed by atoms with Crippen molar-refractivity contribution >= 4 is 21.6 Å². The third-order valence-electron chi connectivity index (χ3n) is 5.26. The van der Waals surface area contributed by atoms with Crippen LogP contribution in [-0.2, 0) is 21.2 Å². The van der Waals surface area contributed by atoms with Crippen LogP contribution in [0.4, 0.5) is 10.1 Å². The fraction of sp³-hybridized carbons (Fsp3) is 0.208. The summed E-state index contributed by atoms with van der Waals surface area (Å²) >= 11 is 0. The number of halogens is 1. The molecule has 0 unspecified atom stereocenters. The highest BCUT2D eigenvalue weighted by Gasteiger charge is 2.37. The van der Waals surface area contributed by atoms with Crippen molar-refractivity contribution in [1.29, 1.82) is 0 Å². The highest BCUT2D eigenvalue weighted by Crippen LogP contribution is 2.36. The van der Waals surface area contributed by atoms with Crippen LogP contribution in [0.5, 0.6) is 5.75 Å². The van der Waals surface area contributed by atoms with Crippen LogP contribution in [0.15, 0.2) is 77.7 Å². The minimum atomic E-state index is -3.89. The maximum Gasteiger partial charge on any atom is 0.264 e. The molecule has 4 rings (SSSR count). The van der Waals surface area contributed by atoms with E-state index >= 15 is 0 Å². The van der Waals surface area contributed by atoms with Crippen molar-refractivity contribution in [3.05, 3.63) is 89.7 Å². The second-order valence-electron chi connectivity index (χ2n) is 7.59. The smallest absolute Gasteiger partial charge is 0.264 e. The Morgan fingerprint density at radius 3 is 2.47 bits per heavy atom. The van der Waals surface area contributed by atoms with Crippen molar-refractivity contribution in [2.45, 2.75) is 24.3 Å². The minimum absolute atomic E-state index is 0.143. The average molecular weight is 455 g/mol. The summed E-state index contributed by atoms with van der Waals surface area (Å²) in [5.74, 6) is -0.402. The molecule has 0 spiro atoms. The highest BCUT2D eigenvalue weighted by molar-refractivity contribution is 7.92. The summed E-state index contributed by atoms with van der Waals surface area (Å²) in [5.41, 5.74) is 2.22. The lowest BCUT2D eigenvalue weighted by atomic mass is 10.1. The Balaban J connectivity index is 1.52. The number of nitrogens with zero attached hydrogens (tertiary/aromatic N) is 1. The molecule has 0 radical (unpaired) electrons. The fourth-order valence-electron chi connectivity index (χ4n) is 3.50. The van der Waals surface area contributed by atoms with Gasteiger partial charge in [0, 0.05) is 6.54 Å². The molecule has 3 aromatic carbocycles. The number of benzene rings is 3. The van der Waals surface area contributed by atoms with Gasteiger partial charge in [-0.15, -0.1) is 0 Å². The molecule has 8 heteroatoms. The maximum atomic E-state index is 13.4. The monoisotopic (exact) mass is 454 g/mol. The molecule has 1 heterocycles. The second kappa shape index (κ2) is 9.00. The molecule has 0 saturated heterocycles. The number of hydrogen-bond acceptors (Lipinski definition) is 4. The summed E-state index contributed by atoms with van der Waals surface area (Å²) in [6.07, 6.45) is -0.487. The van der Waals surface area contributed by atoms with Crippen LogP contribution in [-0.4, -0.2) is 33.5 Å². The van der Waals surface area contributed by atoms with Crippen molar-refractivity contribution < 1.29 is 22.3 Å². The molecule has 3 aromatic rings. The van der Waals surface area contributed by atoms with Gasteiger partial charge in [0.15, 0.2) is 6.10 Å². The van der Waals surface area contributed by atoms with Crippen LogP contribution in [0, 0.1) is 12.7 Å². The molecule has 1 aliphatic rings. The standard InChI is InChI=1S/C24H23FN2O4S/c1-17-6-12-20(13-7-17)32(29,30)27-16-23(31-22-5-3-2-4-21(22)27)24(28)26-15-14-18-8-10-19(25)11-9-18/h2-13,23H,14-16H2,1H3,(H,26,28)/t23-/m0/s1. The summed E-state index contributed by atoms with van der Waals surface area (Å²) in [4.78, 5) is 12.9. The van der Waals surface area contributed by atoms with Gasteiger partial charge >= 0.3 is 0 Å². The number of ether oxygens (including phenoxy) is 1. The number of nitrogens with one attached hydrogen (secondary N) is 1. The molecule has 1 N–H and O–H groups in total. The van der Waals surface area contributed by atoms with Gasteiger partial charge in [0.2, 0.25) is 0 Å². The first-order chi connectivity index (χ1) is 15.3. The van der Waals surface area contributed by atoms with Crippen LogP contribution in [0.3, 0.4) is 0 Å². The Hall–Kier alpha value is -3.39. The minimum Gasteiger partial charge on any atom is -0.476 e. The molecule has 0 fully saturated rings. The van der Waals surface area contributed by atoms with Gasteiger partial charge in [-0.1, -0.05) is 42.0 Å². The van der Waals surface area contributed by atoms with E-state index in [1.165, 1.54) is 16.4 Å². The Morgan fingerprint density at radius 1 is 1.06 bits per heavy atom. The van der Waals surface area contributed by atoms with Gasteiger partial charge in [0.1, 0.15) is 11.6 Å². The summed E-state index contributed by atoms with van der Waals surface area (Å²) in [7, 11) is -3.89. The van der Waals surface area contributed by atoms with E-state index in [0.717, 1.165) is 11.1 Å². The largest absolute Gasteiger partial charge is 0.476 e. The number of para-hydroxylation sites is 2. The number of hydrogen-bond donors (Lipinski definition) is 1. The molecule has 1 atom stereocenters. The first-order valence-corrected chi connectivity index (χ1v) is 11.7. The number of fused-ring (bicyclic) bond motifs is 1. The van der Waals surface area contributed by atoms with Gasteiger partial charge in [-0.25, -0.2) is 12.8 Å². The molecule has 0 saturated carbocycles. The van der Waals surface area contributed by atoms with Gasteiger partial charge in [-0.3, -0.25) is 9.10 Å². The SMILES string of the molecule is Cc1ccc(S(=O)(=O)N2C[C@@H](C(=O)NCCc3ccc(F)cc3)Oc3ccccc32)cc1. The lowest BCUT2D eigenvalue weighted by Crippen LogP contribution is -2.51. The van der Waals surface area contributed by atoms with Gasteiger partial charge in [0.05, 0.1) is 17.1 Å².